The number of benzene rings is 1. The van der Waals surface area contributed by atoms with Gasteiger partial charge in [0, 0.05) is 12.5 Å². The number of esters is 1. The number of hydrogen-bond donors (Lipinski definition) is 1. The van der Waals surface area contributed by atoms with E-state index >= 15 is 0 Å². The van der Waals surface area contributed by atoms with Crippen molar-refractivity contribution in [3.8, 4) is 5.75 Å². The summed E-state index contributed by atoms with van der Waals surface area (Å²) in [6.07, 6.45) is -7.57. The van der Waals surface area contributed by atoms with Gasteiger partial charge < -0.3 is 9.47 Å². The van der Waals surface area contributed by atoms with Gasteiger partial charge in [0.2, 0.25) is 12.4 Å². The number of rotatable bonds is 5. The quantitative estimate of drug-likeness (QED) is 0.376. The summed E-state index contributed by atoms with van der Waals surface area (Å²) in [6.45, 7) is 4.58. The normalized spacial score (nSPS) is 17.7. The SMILES string of the molecule is Cc1cc(C)c2c(c1)C=C(C(=O)OC(C)ONN=O)[C@@H](C(F)(F)F)O2. The average molecular weight is 360 g/mol. The molecule has 0 fully saturated rings. The van der Waals surface area contributed by atoms with E-state index in [4.69, 9.17) is 9.47 Å². The fourth-order valence-electron chi connectivity index (χ4n) is 2.43. The molecule has 0 bridgehead atoms. The smallest absolute Gasteiger partial charge is 0.430 e. The molecule has 7 nitrogen and oxygen atoms in total. The lowest BCUT2D eigenvalue weighted by molar-refractivity contribution is -0.200. The zero-order chi connectivity index (χ0) is 18.8. The summed E-state index contributed by atoms with van der Waals surface area (Å²) in [4.78, 5) is 26.5. The van der Waals surface area contributed by atoms with E-state index in [0.29, 0.717) is 11.1 Å². The number of hydrogen-bond acceptors (Lipinski definition) is 6. The van der Waals surface area contributed by atoms with Gasteiger partial charge in [-0.2, -0.15) is 13.2 Å². The van der Waals surface area contributed by atoms with Crippen molar-refractivity contribution < 1.29 is 32.3 Å². The first-order chi connectivity index (χ1) is 11.6. The Bertz CT molecular complexity index is 718. The molecular weight excluding hydrogens is 345 g/mol. The third-order valence-corrected chi connectivity index (χ3v) is 3.34. The zero-order valence-corrected chi connectivity index (χ0v) is 13.5. The van der Waals surface area contributed by atoms with Gasteiger partial charge in [-0.25, -0.2) is 9.63 Å². The third kappa shape index (κ3) is 4.27. The molecule has 1 unspecified atom stereocenters. The molecule has 1 aliphatic heterocycles. The largest absolute Gasteiger partial charge is 0.475 e. The van der Waals surface area contributed by atoms with Gasteiger partial charge in [0.05, 0.1) is 10.9 Å². The lowest BCUT2D eigenvalue weighted by Crippen LogP contribution is -2.41. The number of carbonyl (C=O) groups excluding carboxylic acids is 1. The number of fused-ring (bicyclic) bond motifs is 1. The topological polar surface area (TPSA) is 86.2 Å². The molecule has 0 aliphatic carbocycles. The summed E-state index contributed by atoms with van der Waals surface area (Å²) >= 11 is 0. The molecule has 1 aromatic rings. The van der Waals surface area contributed by atoms with Crippen LogP contribution in [0.15, 0.2) is 23.0 Å². The van der Waals surface area contributed by atoms with E-state index < -0.39 is 30.1 Å². The fourth-order valence-corrected chi connectivity index (χ4v) is 2.43. The Morgan fingerprint density at radius 2 is 2.04 bits per heavy atom. The van der Waals surface area contributed by atoms with E-state index in [9.17, 15) is 22.9 Å². The van der Waals surface area contributed by atoms with Gasteiger partial charge >= 0.3 is 12.1 Å². The Kier molecular flexibility index (Phi) is 5.31. The molecule has 10 heteroatoms. The molecule has 0 saturated heterocycles. The van der Waals surface area contributed by atoms with Crippen LogP contribution in [0.25, 0.3) is 6.08 Å². The van der Waals surface area contributed by atoms with Crippen molar-refractivity contribution >= 4 is 12.0 Å². The van der Waals surface area contributed by atoms with Crippen molar-refractivity contribution in [2.24, 2.45) is 5.29 Å². The number of alkyl halides is 3. The van der Waals surface area contributed by atoms with Crippen LogP contribution in [0.1, 0.15) is 23.6 Å². The zero-order valence-electron chi connectivity index (χ0n) is 13.5. The van der Waals surface area contributed by atoms with Crippen LogP contribution in [0.2, 0.25) is 0 Å². The van der Waals surface area contributed by atoms with Crippen LogP contribution in [-0.2, 0) is 14.4 Å². The molecule has 0 amide bonds. The molecule has 1 aromatic carbocycles. The highest BCUT2D eigenvalue weighted by Crippen LogP contribution is 2.39. The number of nitrogens with zero attached hydrogens (tertiary/aromatic N) is 1. The van der Waals surface area contributed by atoms with Crippen LogP contribution in [0.4, 0.5) is 13.2 Å². The van der Waals surface area contributed by atoms with E-state index in [1.165, 1.54) is 6.92 Å². The van der Waals surface area contributed by atoms with E-state index in [0.717, 1.165) is 11.6 Å². The van der Waals surface area contributed by atoms with Gasteiger partial charge in [-0.05, 0) is 31.6 Å². The first-order valence-corrected chi connectivity index (χ1v) is 7.13. The van der Waals surface area contributed by atoms with Crippen LogP contribution in [0.5, 0.6) is 5.75 Å². The molecule has 0 radical (unpaired) electrons. The Morgan fingerprint density at radius 1 is 1.36 bits per heavy atom. The van der Waals surface area contributed by atoms with Gasteiger partial charge in [0.15, 0.2) is 0 Å². The fraction of sp³-hybridized carbons (Fsp3) is 0.400. The maximum absolute atomic E-state index is 13.3. The van der Waals surface area contributed by atoms with Crippen molar-refractivity contribution in [1.82, 2.24) is 5.59 Å². The maximum atomic E-state index is 13.3. The van der Waals surface area contributed by atoms with Crippen molar-refractivity contribution in [3.05, 3.63) is 39.3 Å². The molecule has 0 saturated carbocycles. The predicted molar refractivity (Wildman–Crippen MR) is 79.9 cm³/mol. The minimum absolute atomic E-state index is 0.0561. The number of ether oxygens (including phenoxy) is 2. The second-order valence-corrected chi connectivity index (χ2v) is 5.41. The molecule has 1 aliphatic rings. The summed E-state index contributed by atoms with van der Waals surface area (Å²) in [5.74, 6) is -1.23. The lowest BCUT2D eigenvalue weighted by atomic mass is 9.97. The van der Waals surface area contributed by atoms with Crippen molar-refractivity contribution in [2.75, 3.05) is 0 Å². The minimum atomic E-state index is -4.83. The Balaban J connectivity index is 2.38. The van der Waals surface area contributed by atoms with Gasteiger partial charge in [-0.3, -0.25) is 0 Å². The highest BCUT2D eigenvalue weighted by molar-refractivity contribution is 5.96. The summed E-state index contributed by atoms with van der Waals surface area (Å²) in [5.41, 5.74) is 2.48. The lowest BCUT2D eigenvalue weighted by Gasteiger charge is -2.29. The molecule has 136 valence electrons. The Hall–Kier alpha value is -2.62. The van der Waals surface area contributed by atoms with Crippen LogP contribution >= 0.6 is 0 Å². The second-order valence-electron chi connectivity index (χ2n) is 5.41. The predicted octanol–water partition coefficient (Wildman–Crippen LogP) is 3.10. The van der Waals surface area contributed by atoms with E-state index in [1.807, 2.05) is 0 Å². The first-order valence-electron chi connectivity index (χ1n) is 7.13. The molecule has 1 N–H and O–H groups in total. The van der Waals surface area contributed by atoms with Crippen molar-refractivity contribution in [3.63, 3.8) is 0 Å². The number of carbonyl (C=O) groups is 1. The number of nitrogens with one attached hydrogen (secondary N) is 1. The van der Waals surface area contributed by atoms with Crippen LogP contribution in [0.3, 0.4) is 0 Å². The third-order valence-electron chi connectivity index (χ3n) is 3.34. The standard InChI is InChI=1S/C15H15F3N2O5/c1-7-4-8(2)12-10(5-7)6-11(13(24-12)15(16,17)18)14(21)23-9(3)25-20-19-22/h4-6,9,13H,1-3H3,(H,20,22)/t9?,13-/m0/s1. The van der Waals surface area contributed by atoms with E-state index in [-0.39, 0.29) is 5.75 Å². The monoisotopic (exact) mass is 360 g/mol. The highest BCUT2D eigenvalue weighted by Gasteiger charge is 2.49. The minimum Gasteiger partial charge on any atom is -0.475 e. The molecular formula is C15H15F3N2O5. The summed E-state index contributed by atoms with van der Waals surface area (Å²) in [7, 11) is 0. The molecule has 2 atom stereocenters. The number of nitroso groups, excluding NO2 is 1. The molecule has 25 heavy (non-hydrogen) atoms. The first kappa shape index (κ1) is 18.7. The second kappa shape index (κ2) is 7.09. The van der Waals surface area contributed by atoms with Crippen molar-refractivity contribution in [1.29, 1.82) is 0 Å². The molecule has 0 spiro atoms. The molecule has 2 rings (SSSR count). The van der Waals surface area contributed by atoms with Crippen LogP contribution in [-0.4, -0.2) is 24.5 Å². The van der Waals surface area contributed by atoms with Crippen molar-refractivity contribution in [2.45, 2.75) is 39.3 Å². The van der Waals surface area contributed by atoms with Gasteiger partial charge in [0.1, 0.15) is 5.75 Å². The summed E-state index contributed by atoms with van der Waals surface area (Å²) < 4.78 is 49.8. The Labute approximate surface area is 140 Å². The molecule has 1 heterocycles. The summed E-state index contributed by atoms with van der Waals surface area (Å²) in [5, 5.41) is 2.17. The van der Waals surface area contributed by atoms with E-state index in [1.54, 1.807) is 31.6 Å². The van der Waals surface area contributed by atoms with Crippen LogP contribution in [0, 0.1) is 18.8 Å². The highest BCUT2D eigenvalue weighted by atomic mass is 19.4. The summed E-state index contributed by atoms with van der Waals surface area (Å²) in [6, 6.07) is 3.28. The van der Waals surface area contributed by atoms with Gasteiger partial charge in [-0.15, -0.1) is 10.5 Å². The molecule has 0 aromatic heterocycles. The number of halogens is 3. The Morgan fingerprint density at radius 3 is 2.64 bits per heavy atom. The van der Waals surface area contributed by atoms with Gasteiger partial charge in [0.25, 0.3) is 0 Å². The van der Waals surface area contributed by atoms with Gasteiger partial charge in [-0.1, -0.05) is 11.6 Å². The van der Waals surface area contributed by atoms with E-state index in [2.05, 4.69) is 10.1 Å². The average Bonchev–Trinajstić information content (AvgIpc) is 2.50. The van der Waals surface area contributed by atoms with Crippen LogP contribution < -0.4 is 10.3 Å². The maximum Gasteiger partial charge on any atom is 0.430 e. The number of aryl methyl sites for hydroxylation is 2.